The molecule has 0 aliphatic carbocycles. The summed E-state index contributed by atoms with van der Waals surface area (Å²) in [5, 5.41) is 10.4. The third kappa shape index (κ3) is 2.73. The number of hydrogen-bond donors (Lipinski definition) is 1. The van der Waals surface area contributed by atoms with Crippen molar-refractivity contribution < 1.29 is 5.11 Å². The summed E-state index contributed by atoms with van der Waals surface area (Å²) in [5.41, 5.74) is 1.77. The van der Waals surface area contributed by atoms with Gasteiger partial charge < -0.3 is 5.11 Å². The van der Waals surface area contributed by atoms with Crippen LogP contribution in [0.4, 0.5) is 0 Å². The third-order valence-electron chi connectivity index (χ3n) is 2.37. The number of rotatable bonds is 2. The molecule has 0 radical (unpaired) electrons. The number of hydrogen-bond acceptors (Lipinski definition) is 2. The van der Waals surface area contributed by atoms with Gasteiger partial charge in [-0.3, -0.25) is 0 Å². The topological polar surface area (TPSA) is 33.1 Å². The van der Waals surface area contributed by atoms with Crippen molar-refractivity contribution in [2.75, 3.05) is 0 Å². The molecule has 0 aliphatic rings. The van der Waals surface area contributed by atoms with Crippen LogP contribution in [0.25, 0.3) is 11.1 Å². The van der Waals surface area contributed by atoms with Crippen molar-refractivity contribution in [1.82, 2.24) is 4.98 Å². The predicted octanol–water partition coefficient (Wildman–Crippen LogP) is 4.85. The Kier molecular flexibility index (Phi) is 4.36. The van der Waals surface area contributed by atoms with E-state index in [1.165, 1.54) is 0 Å². The minimum Gasteiger partial charge on any atom is -0.390 e. The molecule has 0 unspecified atom stereocenters. The molecule has 0 saturated carbocycles. The van der Waals surface area contributed by atoms with Crippen molar-refractivity contribution in [2.24, 2.45) is 0 Å². The summed E-state index contributed by atoms with van der Waals surface area (Å²) in [7, 11) is 0. The molecule has 1 heterocycles. The van der Waals surface area contributed by atoms with E-state index in [0.29, 0.717) is 31.9 Å². The lowest BCUT2D eigenvalue weighted by Gasteiger charge is -2.09. The zero-order valence-electron chi connectivity index (χ0n) is 8.92. The second kappa shape index (κ2) is 5.64. The van der Waals surface area contributed by atoms with E-state index in [-0.39, 0.29) is 11.8 Å². The molecule has 94 valence electrons. The zero-order chi connectivity index (χ0) is 13.3. The van der Waals surface area contributed by atoms with Crippen molar-refractivity contribution in [3.05, 3.63) is 50.2 Å². The SMILES string of the molecule is OCc1ccc(-c2cc(Cl)c(Cl)cc2Cl)c(Cl)n1. The molecule has 0 amide bonds. The second-order valence-electron chi connectivity index (χ2n) is 3.55. The molecule has 6 heteroatoms. The van der Waals surface area contributed by atoms with Crippen LogP contribution >= 0.6 is 46.4 Å². The Morgan fingerprint density at radius 1 is 0.889 bits per heavy atom. The average Bonchev–Trinajstić information content (AvgIpc) is 2.34. The van der Waals surface area contributed by atoms with Crippen LogP contribution in [-0.2, 0) is 6.61 Å². The van der Waals surface area contributed by atoms with Gasteiger partial charge in [-0.1, -0.05) is 46.4 Å². The fourth-order valence-electron chi connectivity index (χ4n) is 1.49. The molecular weight excluding hydrogens is 316 g/mol. The van der Waals surface area contributed by atoms with Gasteiger partial charge in [-0.15, -0.1) is 0 Å². The highest BCUT2D eigenvalue weighted by atomic mass is 35.5. The number of aliphatic hydroxyl groups is 1. The number of nitrogens with zero attached hydrogens (tertiary/aromatic N) is 1. The number of pyridine rings is 1. The summed E-state index contributed by atoms with van der Waals surface area (Å²) < 4.78 is 0. The predicted molar refractivity (Wildman–Crippen MR) is 75.6 cm³/mol. The van der Waals surface area contributed by atoms with E-state index in [4.69, 9.17) is 51.5 Å². The van der Waals surface area contributed by atoms with Gasteiger partial charge >= 0.3 is 0 Å². The van der Waals surface area contributed by atoms with Gasteiger partial charge in [-0.2, -0.15) is 0 Å². The lowest BCUT2D eigenvalue weighted by Crippen LogP contribution is -1.92. The van der Waals surface area contributed by atoms with Gasteiger partial charge in [-0.25, -0.2) is 4.98 Å². The van der Waals surface area contributed by atoms with Crippen LogP contribution in [0, 0.1) is 0 Å². The maximum atomic E-state index is 8.97. The van der Waals surface area contributed by atoms with Crippen LogP contribution < -0.4 is 0 Å². The Bertz CT molecular complexity index is 601. The van der Waals surface area contributed by atoms with Crippen molar-refractivity contribution in [1.29, 1.82) is 0 Å². The van der Waals surface area contributed by atoms with Gasteiger partial charge in [0.05, 0.1) is 27.4 Å². The molecule has 0 fully saturated rings. The van der Waals surface area contributed by atoms with Gasteiger partial charge in [-0.05, 0) is 24.3 Å². The quantitative estimate of drug-likeness (QED) is 0.633. The smallest absolute Gasteiger partial charge is 0.137 e. The number of aromatic nitrogens is 1. The summed E-state index contributed by atoms with van der Waals surface area (Å²) in [6, 6.07) is 6.58. The molecule has 0 saturated heterocycles. The van der Waals surface area contributed by atoms with Crippen LogP contribution in [0.1, 0.15) is 5.69 Å². The van der Waals surface area contributed by atoms with E-state index in [0.717, 1.165) is 0 Å². The van der Waals surface area contributed by atoms with Crippen LogP contribution in [0.2, 0.25) is 20.2 Å². The van der Waals surface area contributed by atoms with Crippen molar-refractivity contribution in [3.8, 4) is 11.1 Å². The first-order valence-electron chi connectivity index (χ1n) is 4.94. The summed E-state index contributed by atoms with van der Waals surface area (Å²) in [5.74, 6) is 0. The molecule has 0 spiro atoms. The van der Waals surface area contributed by atoms with Crippen LogP contribution in [0.5, 0.6) is 0 Å². The fraction of sp³-hybridized carbons (Fsp3) is 0.0833. The summed E-state index contributed by atoms with van der Waals surface area (Å²) >= 11 is 24.0. The van der Waals surface area contributed by atoms with Crippen molar-refractivity contribution in [3.63, 3.8) is 0 Å². The monoisotopic (exact) mass is 321 g/mol. The maximum absolute atomic E-state index is 8.97. The van der Waals surface area contributed by atoms with E-state index in [1.54, 1.807) is 24.3 Å². The van der Waals surface area contributed by atoms with E-state index < -0.39 is 0 Å². The fourth-order valence-corrected chi connectivity index (χ4v) is 2.41. The molecule has 1 aromatic carbocycles. The summed E-state index contributed by atoms with van der Waals surface area (Å²) in [4.78, 5) is 4.04. The molecular formula is C12H7Cl4NO. The normalized spacial score (nSPS) is 10.7. The van der Waals surface area contributed by atoms with Gasteiger partial charge in [0, 0.05) is 11.1 Å². The number of benzene rings is 1. The maximum Gasteiger partial charge on any atom is 0.137 e. The van der Waals surface area contributed by atoms with Crippen LogP contribution in [0.15, 0.2) is 24.3 Å². The molecule has 18 heavy (non-hydrogen) atoms. The Balaban J connectivity index is 2.58. The standard InChI is InChI=1S/C12H7Cl4NO/c13-9-4-11(15)10(14)3-8(9)7-2-1-6(5-18)17-12(7)16/h1-4,18H,5H2. The highest BCUT2D eigenvalue weighted by Gasteiger charge is 2.12. The van der Waals surface area contributed by atoms with Crippen molar-refractivity contribution >= 4 is 46.4 Å². The lowest BCUT2D eigenvalue weighted by atomic mass is 10.1. The highest BCUT2D eigenvalue weighted by Crippen LogP contribution is 2.37. The molecule has 0 bridgehead atoms. The zero-order valence-corrected chi connectivity index (χ0v) is 11.9. The van der Waals surface area contributed by atoms with Gasteiger partial charge in [0.25, 0.3) is 0 Å². The van der Waals surface area contributed by atoms with Crippen molar-refractivity contribution in [2.45, 2.75) is 6.61 Å². The Morgan fingerprint density at radius 3 is 2.17 bits per heavy atom. The van der Waals surface area contributed by atoms with E-state index in [2.05, 4.69) is 4.98 Å². The Labute approximate surface area is 124 Å². The highest BCUT2D eigenvalue weighted by molar-refractivity contribution is 6.44. The first-order valence-corrected chi connectivity index (χ1v) is 6.45. The van der Waals surface area contributed by atoms with E-state index in [9.17, 15) is 0 Å². The molecule has 2 nitrogen and oxygen atoms in total. The van der Waals surface area contributed by atoms with Gasteiger partial charge in [0.15, 0.2) is 0 Å². The summed E-state index contributed by atoms with van der Waals surface area (Å²) in [6.07, 6.45) is 0. The Morgan fingerprint density at radius 2 is 1.56 bits per heavy atom. The third-order valence-corrected chi connectivity index (χ3v) is 3.69. The molecule has 2 aromatic rings. The largest absolute Gasteiger partial charge is 0.390 e. The Hall–Kier alpha value is -0.510. The molecule has 0 atom stereocenters. The molecule has 1 N–H and O–H groups in total. The summed E-state index contributed by atoms with van der Waals surface area (Å²) in [6.45, 7) is -0.172. The van der Waals surface area contributed by atoms with E-state index in [1.807, 2.05) is 0 Å². The number of halogens is 4. The van der Waals surface area contributed by atoms with Gasteiger partial charge in [0.2, 0.25) is 0 Å². The average molecular weight is 323 g/mol. The number of aliphatic hydroxyl groups excluding tert-OH is 1. The lowest BCUT2D eigenvalue weighted by molar-refractivity contribution is 0.277. The second-order valence-corrected chi connectivity index (χ2v) is 5.12. The minimum absolute atomic E-state index is 0.172. The van der Waals surface area contributed by atoms with Crippen LogP contribution in [0.3, 0.4) is 0 Å². The minimum atomic E-state index is -0.172. The first kappa shape index (κ1) is 13.9. The molecule has 1 aromatic heterocycles. The van der Waals surface area contributed by atoms with Crippen LogP contribution in [-0.4, -0.2) is 10.1 Å². The molecule has 2 rings (SSSR count). The van der Waals surface area contributed by atoms with E-state index >= 15 is 0 Å². The van der Waals surface area contributed by atoms with Gasteiger partial charge in [0.1, 0.15) is 5.15 Å². The molecule has 0 aliphatic heterocycles. The first-order chi connectivity index (χ1) is 8.52.